The molecule has 0 saturated heterocycles. The number of imidazole rings is 1. The smallest absolute Gasteiger partial charge is 0.166 e. The summed E-state index contributed by atoms with van der Waals surface area (Å²) in [6.45, 7) is 8.33. The number of aromatic nitrogens is 2. The van der Waals surface area contributed by atoms with Crippen molar-refractivity contribution in [1.82, 2.24) is 20.2 Å². The minimum absolute atomic E-state index is 0.387. The van der Waals surface area contributed by atoms with Gasteiger partial charge in [-0.25, -0.2) is 4.98 Å². The van der Waals surface area contributed by atoms with Crippen LogP contribution in [0, 0.1) is 5.92 Å². The maximum Gasteiger partial charge on any atom is 0.166 e. The van der Waals surface area contributed by atoms with Gasteiger partial charge in [-0.3, -0.25) is 0 Å². The molecule has 0 spiro atoms. The van der Waals surface area contributed by atoms with Gasteiger partial charge in [-0.2, -0.15) is 0 Å². The lowest BCUT2D eigenvalue weighted by Crippen LogP contribution is -2.42. The van der Waals surface area contributed by atoms with E-state index in [1.165, 1.54) is 17.8 Å². The maximum absolute atomic E-state index is 5.26. The third kappa shape index (κ3) is 3.69. The van der Waals surface area contributed by atoms with Gasteiger partial charge in [-0.05, 0) is 58.2 Å². The first-order valence-corrected chi connectivity index (χ1v) is 7.58. The summed E-state index contributed by atoms with van der Waals surface area (Å²) in [5.74, 6) is 0.639. The maximum atomic E-state index is 5.26. The Morgan fingerprint density at radius 1 is 1.58 bits per heavy atom. The van der Waals surface area contributed by atoms with Gasteiger partial charge >= 0.3 is 0 Å². The average Bonchev–Trinajstić information content (AvgIpc) is 2.77. The van der Waals surface area contributed by atoms with Crippen molar-refractivity contribution < 1.29 is 0 Å². The standard InChI is InChI=1S/C14H24N4S/c1-4-18-9-16-12-7-11(5-6-13(12)18)8-15-14(19)17-10(2)3/h9-11H,4-8H2,1-3H3,(H2,15,17,19). The van der Waals surface area contributed by atoms with Crippen LogP contribution >= 0.6 is 12.2 Å². The Bertz CT molecular complexity index is 439. The van der Waals surface area contributed by atoms with Crippen LogP contribution in [0.25, 0.3) is 0 Å². The first-order valence-electron chi connectivity index (χ1n) is 7.17. The highest BCUT2D eigenvalue weighted by Crippen LogP contribution is 2.24. The molecule has 2 N–H and O–H groups in total. The molecule has 0 aromatic carbocycles. The highest BCUT2D eigenvalue weighted by atomic mass is 32.1. The molecular weight excluding hydrogens is 256 g/mol. The van der Waals surface area contributed by atoms with Gasteiger partial charge in [0.1, 0.15) is 0 Å². The van der Waals surface area contributed by atoms with E-state index in [4.69, 9.17) is 12.2 Å². The molecule has 106 valence electrons. The van der Waals surface area contributed by atoms with Crippen LogP contribution in [0.1, 0.15) is 38.6 Å². The van der Waals surface area contributed by atoms with Crippen LogP contribution < -0.4 is 10.6 Å². The Hall–Kier alpha value is -1.10. The predicted octanol–water partition coefficient (Wildman–Crippen LogP) is 1.88. The van der Waals surface area contributed by atoms with E-state index in [0.717, 1.165) is 31.0 Å². The molecule has 1 aromatic heterocycles. The molecule has 1 aromatic rings. The van der Waals surface area contributed by atoms with Crippen molar-refractivity contribution in [3.05, 3.63) is 17.7 Å². The van der Waals surface area contributed by atoms with E-state index >= 15 is 0 Å². The van der Waals surface area contributed by atoms with E-state index in [1.807, 2.05) is 6.33 Å². The van der Waals surface area contributed by atoms with Gasteiger partial charge in [-0.1, -0.05) is 0 Å². The molecule has 0 radical (unpaired) electrons. The van der Waals surface area contributed by atoms with E-state index in [1.54, 1.807) is 0 Å². The summed E-state index contributed by atoms with van der Waals surface area (Å²) < 4.78 is 2.27. The van der Waals surface area contributed by atoms with Crippen LogP contribution in [0.15, 0.2) is 6.33 Å². The first-order chi connectivity index (χ1) is 9.10. The summed E-state index contributed by atoms with van der Waals surface area (Å²) >= 11 is 5.26. The van der Waals surface area contributed by atoms with E-state index in [9.17, 15) is 0 Å². The van der Waals surface area contributed by atoms with Crippen LogP contribution in [-0.2, 0) is 19.4 Å². The van der Waals surface area contributed by atoms with Gasteiger partial charge in [0.25, 0.3) is 0 Å². The molecule has 4 nitrogen and oxygen atoms in total. The molecule has 5 heteroatoms. The Balaban J connectivity index is 1.84. The summed E-state index contributed by atoms with van der Waals surface area (Å²) in [5, 5.41) is 7.30. The third-order valence-electron chi connectivity index (χ3n) is 3.62. The van der Waals surface area contributed by atoms with E-state index in [2.05, 4.69) is 41.0 Å². The molecule has 1 atom stereocenters. The van der Waals surface area contributed by atoms with Gasteiger partial charge in [0.05, 0.1) is 12.0 Å². The van der Waals surface area contributed by atoms with Gasteiger partial charge in [0.15, 0.2) is 5.11 Å². The summed E-state index contributed by atoms with van der Waals surface area (Å²) in [6, 6.07) is 0.387. The molecule has 2 rings (SSSR count). The second-order valence-electron chi connectivity index (χ2n) is 5.54. The van der Waals surface area contributed by atoms with Crippen molar-refractivity contribution in [2.45, 2.75) is 52.6 Å². The fourth-order valence-electron chi connectivity index (χ4n) is 2.62. The second kappa shape index (κ2) is 6.37. The van der Waals surface area contributed by atoms with Crippen molar-refractivity contribution in [3.63, 3.8) is 0 Å². The lowest BCUT2D eigenvalue weighted by molar-refractivity contribution is 0.436. The minimum Gasteiger partial charge on any atom is -0.362 e. The third-order valence-corrected chi connectivity index (χ3v) is 3.88. The summed E-state index contributed by atoms with van der Waals surface area (Å²) in [7, 11) is 0. The summed E-state index contributed by atoms with van der Waals surface area (Å²) in [4.78, 5) is 4.54. The summed E-state index contributed by atoms with van der Waals surface area (Å²) in [5.41, 5.74) is 2.71. The number of hydrogen-bond acceptors (Lipinski definition) is 2. The molecule has 0 bridgehead atoms. The monoisotopic (exact) mass is 280 g/mol. The number of fused-ring (bicyclic) bond motifs is 1. The number of nitrogens with zero attached hydrogens (tertiary/aromatic N) is 2. The molecule has 0 fully saturated rings. The quantitative estimate of drug-likeness (QED) is 0.827. The second-order valence-corrected chi connectivity index (χ2v) is 5.95. The number of nitrogens with one attached hydrogen (secondary N) is 2. The summed E-state index contributed by atoms with van der Waals surface area (Å²) in [6.07, 6.45) is 5.40. The van der Waals surface area contributed by atoms with Crippen LogP contribution in [0.4, 0.5) is 0 Å². The zero-order valence-corrected chi connectivity index (χ0v) is 12.9. The SMILES string of the molecule is CCn1cnc2c1CCC(CNC(=S)NC(C)C)C2. The first kappa shape index (κ1) is 14.3. The molecular formula is C14H24N4S. The van der Waals surface area contributed by atoms with E-state index < -0.39 is 0 Å². The average molecular weight is 280 g/mol. The molecule has 1 aliphatic rings. The molecule has 19 heavy (non-hydrogen) atoms. The minimum atomic E-state index is 0.387. The fourth-order valence-corrected chi connectivity index (χ4v) is 2.94. The normalized spacial score (nSPS) is 18.2. The van der Waals surface area contributed by atoms with Crippen molar-refractivity contribution in [3.8, 4) is 0 Å². The van der Waals surface area contributed by atoms with Crippen molar-refractivity contribution in [2.75, 3.05) is 6.54 Å². The fraction of sp³-hybridized carbons (Fsp3) is 0.714. The Labute approximate surface area is 121 Å². The van der Waals surface area contributed by atoms with E-state index in [0.29, 0.717) is 12.0 Å². The Morgan fingerprint density at radius 3 is 3.05 bits per heavy atom. The molecule has 0 aliphatic heterocycles. The zero-order valence-electron chi connectivity index (χ0n) is 12.1. The lowest BCUT2D eigenvalue weighted by atomic mass is 9.89. The lowest BCUT2D eigenvalue weighted by Gasteiger charge is -2.24. The molecule has 1 unspecified atom stereocenters. The van der Waals surface area contributed by atoms with Crippen LogP contribution in [0.3, 0.4) is 0 Å². The molecule has 0 amide bonds. The number of hydrogen-bond donors (Lipinski definition) is 2. The Kier molecular flexibility index (Phi) is 4.80. The topological polar surface area (TPSA) is 41.9 Å². The number of thiocarbonyl (C=S) groups is 1. The van der Waals surface area contributed by atoms with Gasteiger partial charge in [-0.15, -0.1) is 0 Å². The van der Waals surface area contributed by atoms with Crippen molar-refractivity contribution in [2.24, 2.45) is 5.92 Å². The van der Waals surface area contributed by atoms with Crippen LogP contribution in [-0.4, -0.2) is 27.3 Å². The molecule has 1 heterocycles. The Morgan fingerprint density at radius 2 is 2.37 bits per heavy atom. The number of aryl methyl sites for hydroxylation is 1. The van der Waals surface area contributed by atoms with Crippen molar-refractivity contribution >= 4 is 17.3 Å². The molecule has 0 saturated carbocycles. The van der Waals surface area contributed by atoms with Gasteiger partial charge in [0.2, 0.25) is 0 Å². The largest absolute Gasteiger partial charge is 0.362 e. The van der Waals surface area contributed by atoms with Crippen molar-refractivity contribution in [1.29, 1.82) is 0 Å². The zero-order chi connectivity index (χ0) is 13.8. The van der Waals surface area contributed by atoms with Gasteiger partial charge in [0, 0.05) is 24.8 Å². The van der Waals surface area contributed by atoms with Crippen LogP contribution in [0.5, 0.6) is 0 Å². The molecule has 1 aliphatic carbocycles. The van der Waals surface area contributed by atoms with Gasteiger partial charge < -0.3 is 15.2 Å². The predicted molar refractivity (Wildman–Crippen MR) is 82.3 cm³/mol. The number of rotatable bonds is 4. The highest BCUT2D eigenvalue weighted by molar-refractivity contribution is 7.80. The van der Waals surface area contributed by atoms with E-state index in [-0.39, 0.29) is 0 Å². The highest BCUT2D eigenvalue weighted by Gasteiger charge is 2.22. The van der Waals surface area contributed by atoms with Crippen LogP contribution in [0.2, 0.25) is 0 Å².